The van der Waals surface area contributed by atoms with Gasteiger partial charge in [0.1, 0.15) is 0 Å². The van der Waals surface area contributed by atoms with Gasteiger partial charge in [0.05, 0.1) is 0 Å². The quantitative estimate of drug-likeness (QED) is 0.629. The molecule has 2 rings (SSSR count). The lowest BCUT2D eigenvalue weighted by Crippen LogP contribution is -2.43. The van der Waals surface area contributed by atoms with Gasteiger partial charge < -0.3 is 5.32 Å². The second-order valence-electron chi connectivity index (χ2n) is 5.58. The maximum Gasteiger partial charge on any atom is 0.321 e. The molecule has 0 aliphatic rings. The Balaban J connectivity index is 1.89. The minimum atomic E-state index is -0.295. The van der Waals surface area contributed by atoms with Crippen LogP contribution in [-0.4, -0.2) is 21.8 Å². The van der Waals surface area contributed by atoms with E-state index in [-0.39, 0.29) is 11.6 Å². The molecule has 8 heteroatoms. The summed E-state index contributed by atoms with van der Waals surface area (Å²) in [5, 5.41) is 14.7. The van der Waals surface area contributed by atoms with Crippen molar-refractivity contribution in [3.05, 3.63) is 34.9 Å². The predicted molar refractivity (Wildman–Crippen MR) is 92.8 cm³/mol. The number of nitrogens with one attached hydrogen (secondary N) is 2. The zero-order valence-electron chi connectivity index (χ0n) is 12.5. The van der Waals surface area contributed by atoms with Crippen molar-refractivity contribution >= 4 is 45.9 Å². The van der Waals surface area contributed by atoms with Crippen LogP contribution in [0.2, 0.25) is 5.02 Å². The van der Waals surface area contributed by atoms with Crippen molar-refractivity contribution in [2.24, 2.45) is 0 Å². The first-order valence-corrected chi connectivity index (χ1v) is 8.80. The normalized spacial score (nSPS) is 11.3. The van der Waals surface area contributed by atoms with E-state index in [2.05, 4.69) is 20.8 Å². The highest BCUT2D eigenvalue weighted by Crippen LogP contribution is 2.30. The zero-order valence-corrected chi connectivity index (χ0v) is 14.9. The summed E-state index contributed by atoms with van der Waals surface area (Å²) in [5.41, 5.74) is 0.750. The van der Waals surface area contributed by atoms with Crippen molar-refractivity contribution in [3.8, 4) is 0 Å². The minimum absolute atomic E-state index is 0.286. The molecule has 1 aromatic heterocycles. The Labute approximate surface area is 142 Å². The molecule has 0 radical (unpaired) electrons. The number of anilines is 1. The molecule has 0 unspecified atom stereocenters. The number of hydrogen-bond acceptors (Lipinski definition) is 5. The zero-order chi connectivity index (χ0) is 16.2. The molecule has 0 fully saturated rings. The average Bonchev–Trinajstić information content (AvgIpc) is 2.83. The smallest absolute Gasteiger partial charge is 0.321 e. The molecule has 1 heterocycles. The van der Waals surface area contributed by atoms with Crippen LogP contribution in [0.3, 0.4) is 0 Å². The SMILES string of the molecule is CC(C)(C)NC(=O)Nc1nnc(SCc2ccccc2Cl)s1. The fraction of sp³-hybridized carbons (Fsp3) is 0.357. The number of carbonyl (C=O) groups is 1. The van der Waals surface area contributed by atoms with E-state index in [0.29, 0.717) is 10.9 Å². The van der Waals surface area contributed by atoms with Crippen LogP contribution in [0.15, 0.2) is 28.6 Å². The van der Waals surface area contributed by atoms with E-state index in [4.69, 9.17) is 11.6 Å². The van der Waals surface area contributed by atoms with Crippen LogP contribution < -0.4 is 10.6 Å². The van der Waals surface area contributed by atoms with E-state index in [9.17, 15) is 4.79 Å². The third-order valence-corrected chi connectivity index (χ3v) is 4.81. The van der Waals surface area contributed by atoms with Crippen LogP contribution in [0.4, 0.5) is 9.93 Å². The average molecular weight is 357 g/mol. The Morgan fingerprint density at radius 1 is 1.32 bits per heavy atom. The summed E-state index contributed by atoms with van der Waals surface area (Å²) in [5.74, 6) is 0.711. The number of rotatable bonds is 4. The van der Waals surface area contributed by atoms with Crippen LogP contribution in [0, 0.1) is 0 Å². The van der Waals surface area contributed by atoms with Gasteiger partial charge in [-0.1, -0.05) is 52.9 Å². The molecule has 22 heavy (non-hydrogen) atoms. The van der Waals surface area contributed by atoms with E-state index < -0.39 is 0 Å². The third kappa shape index (κ3) is 5.47. The van der Waals surface area contributed by atoms with Crippen LogP contribution in [0.25, 0.3) is 0 Å². The number of carbonyl (C=O) groups excluding carboxylic acids is 1. The van der Waals surface area contributed by atoms with Crippen molar-refractivity contribution < 1.29 is 4.79 Å². The molecule has 5 nitrogen and oxygen atoms in total. The fourth-order valence-electron chi connectivity index (χ4n) is 1.54. The van der Waals surface area contributed by atoms with Gasteiger partial charge in [0.15, 0.2) is 4.34 Å². The van der Waals surface area contributed by atoms with Crippen LogP contribution in [0.1, 0.15) is 26.3 Å². The molecule has 0 saturated carbocycles. The highest BCUT2D eigenvalue weighted by atomic mass is 35.5. The molecule has 0 aliphatic carbocycles. The Hall–Kier alpha value is -1.31. The number of thioether (sulfide) groups is 1. The van der Waals surface area contributed by atoms with Crippen molar-refractivity contribution in [3.63, 3.8) is 0 Å². The Morgan fingerprint density at radius 3 is 2.73 bits per heavy atom. The minimum Gasteiger partial charge on any atom is -0.333 e. The molecule has 1 aromatic carbocycles. The van der Waals surface area contributed by atoms with E-state index in [0.717, 1.165) is 14.9 Å². The summed E-state index contributed by atoms with van der Waals surface area (Å²) >= 11 is 8.99. The number of urea groups is 1. The van der Waals surface area contributed by atoms with Crippen molar-refractivity contribution in [1.29, 1.82) is 0 Å². The predicted octanol–water partition coefficient (Wildman–Crippen LogP) is 4.40. The topological polar surface area (TPSA) is 66.9 Å². The van der Waals surface area contributed by atoms with Crippen molar-refractivity contribution in [2.45, 2.75) is 36.4 Å². The first-order valence-electron chi connectivity index (χ1n) is 6.62. The van der Waals surface area contributed by atoms with Gasteiger partial charge >= 0.3 is 6.03 Å². The van der Waals surface area contributed by atoms with E-state index in [1.807, 2.05) is 45.0 Å². The van der Waals surface area contributed by atoms with Gasteiger partial charge in [0, 0.05) is 16.3 Å². The van der Waals surface area contributed by atoms with E-state index in [1.54, 1.807) is 0 Å². The van der Waals surface area contributed by atoms with Crippen LogP contribution in [0.5, 0.6) is 0 Å². The number of benzene rings is 1. The molecule has 2 amide bonds. The standard InChI is InChI=1S/C14H17ClN4OS2/c1-14(2,3)17-11(20)16-12-18-19-13(22-12)21-8-9-6-4-5-7-10(9)15/h4-7H,8H2,1-3H3,(H2,16,17,18,20). The Morgan fingerprint density at radius 2 is 2.05 bits per heavy atom. The van der Waals surface area contributed by atoms with Gasteiger partial charge in [0.2, 0.25) is 5.13 Å². The summed E-state index contributed by atoms with van der Waals surface area (Å²) in [4.78, 5) is 11.8. The molecule has 0 atom stereocenters. The molecular formula is C14H17ClN4OS2. The second kappa shape index (κ2) is 7.30. The highest BCUT2D eigenvalue weighted by molar-refractivity contribution is 8.00. The fourth-order valence-corrected chi connectivity index (χ4v) is 3.58. The largest absolute Gasteiger partial charge is 0.333 e. The van der Waals surface area contributed by atoms with Gasteiger partial charge in [0.25, 0.3) is 0 Å². The maximum absolute atomic E-state index is 11.8. The molecule has 2 aromatic rings. The molecular weight excluding hydrogens is 340 g/mol. The van der Waals surface area contributed by atoms with Crippen LogP contribution in [-0.2, 0) is 5.75 Å². The Kier molecular flexibility index (Phi) is 5.66. The number of aromatic nitrogens is 2. The monoisotopic (exact) mass is 356 g/mol. The molecule has 0 aliphatic heterocycles. The highest BCUT2D eigenvalue weighted by Gasteiger charge is 2.15. The second-order valence-corrected chi connectivity index (χ2v) is 8.19. The number of amides is 2. The molecule has 118 valence electrons. The van der Waals surface area contributed by atoms with Gasteiger partial charge in [-0.05, 0) is 32.4 Å². The lowest BCUT2D eigenvalue weighted by Gasteiger charge is -2.19. The number of halogens is 1. The van der Waals surface area contributed by atoms with Crippen molar-refractivity contribution in [2.75, 3.05) is 5.32 Å². The molecule has 0 spiro atoms. The first-order chi connectivity index (χ1) is 10.3. The van der Waals surface area contributed by atoms with Crippen molar-refractivity contribution in [1.82, 2.24) is 15.5 Å². The maximum atomic E-state index is 11.8. The molecule has 0 bridgehead atoms. The number of nitrogens with zero attached hydrogens (tertiary/aromatic N) is 2. The summed E-state index contributed by atoms with van der Waals surface area (Å²) < 4.78 is 0.783. The molecule has 2 N–H and O–H groups in total. The Bertz CT molecular complexity index is 654. The third-order valence-electron chi connectivity index (χ3n) is 2.42. The van der Waals surface area contributed by atoms with Gasteiger partial charge in [-0.3, -0.25) is 5.32 Å². The summed E-state index contributed by atoms with van der Waals surface area (Å²) in [6.45, 7) is 5.74. The van der Waals surface area contributed by atoms with E-state index in [1.165, 1.54) is 23.1 Å². The lowest BCUT2D eigenvalue weighted by atomic mass is 10.1. The summed E-state index contributed by atoms with van der Waals surface area (Å²) in [6.07, 6.45) is 0. The summed E-state index contributed by atoms with van der Waals surface area (Å²) in [7, 11) is 0. The van der Waals surface area contributed by atoms with Gasteiger partial charge in [-0.2, -0.15) is 0 Å². The van der Waals surface area contributed by atoms with E-state index >= 15 is 0 Å². The van der Waals surface area contributed by atoms with Gasteiger partial charge in [-0.15, -0.1) is 10.2 Å². The van der Waals surface area contributed by atoms with Gasteiger partial charge in [-0.25, -0.2) is 4.79 Å². The van der Waals surface area contributed by atoms with Crippen LogP contribution >= 0.6 is 34.7 Å². The lowest BCUT2D eigenvalue weighted by molar-refractivity contribution is 0.244. The number of hydrogen-bond donors (Lipinski definition) is 2. The summed E-state index contributed by atoms with van der Waals surface area (Å²) in [6, 6.07) is 7.41. The molecule has 0 saturated heterocycles. The first kappa shape index (κ1) is 17.1.